The van der Waals surface area contributed by atoms with Crippen LogP contribution in [0.15, 0.2) is 23.1 Å². The molecule has 1 heterocycles. The summed E-state index contributed by atoms with van der Waals surface area (Å²) >= 11 is 2.00. The molecule has 1 nitrogen and oxygen atoms in total. The Morgan fingerprint density at radius 1 is 1.29 bits per heavy atom. The zero-order chi connectivity index (χ0) is 9.80. The first-order valence-corrected chi connectivity index (χ1v) is 6.33. The highest BCUT2D eigenvalue weighted by atomic mass is 32.2. The molecule has 0 radical (unpaired) electrons. The Morgan fingerprint density at radius 2 is 2.21 bits per heavy atom. The van der Waals surface area contributed by atoms with E-state index in [1.807, 2.05) is 11.8 Å². The molecule has 0 aromatic heterocycles. The highest BCUT2D eigenvalue weighted by Crippen LogP contribution is 2.32. The standard InChI is InChI=1S/C12H17NS/c13-7-2-1-3-10-4-5-11-6-8-14-12(11)9-10/h4-5,9H,1-3,6-8,13H2. The number of benzene rings is 1. The van der Waals surface area contributed by atoms with Crippen LogP contribution in [0.5, 0.6) is 0 Å². The normalized spacial score (nSPS) is 14.4. The lowest BCUT2D eigenvalue weighted by atomic mass is 10.1. The van der Waals surface area contributed by atoms with E-state index in [-0.39, 0.29) is 0 Å². The minimum Gasteiger partial charge on any atom is -0.330 e. The van der Waals surface area contributed by atoms with Crippen molar-refractivity contribution in [3.05, 3.63) is 29.3 Å². The fourth-order valence-electron chi connectivity index (χ4n) is 1.84. The zero-order valence-electron chi connectivity index (χ0n) is 8.46. The number of fused-ring (bicyclic) bond motifs is 1. The number of thioether (sulfide) groups is 1. The second kappa shape index (κ2) is 4.85. The molecule has 0 fully saturated rings. The van der Waals surface area contributed by atoms with Gasteiger partial charge in [0.15, 0.2) is 0 Å². The molecule has 0 bridgehead atoms. The third-order valence-electron chi connectivity index (χ3n) is 2.68. The first kappa shape index (κ1) is 10.1. The Bertz CT molecular complexity index is 309. The van der Waals surface area contributed by atoms with Crippen molar-refractivity contribution in [2.45, 2.75) is 30.6 Å². The quantitative estimate of drug-likeness (QED) is 0.768. The number of rotatable bonds is 4. The summed E-state index contributed by atoms with van der Waals surface area (Å²) in [6.45, 7) is 0.819. The van der Waals surface area contributed by atoms with Crippen molar-refractivity contribution >= 4 is 11.8 Å². The Balaban J connectivity index is 1.98. The summed E-state index contributed by atoms with van der Waals surface area (Å²) in [7, 11) is 0. The average molecular weight is 207 g/mol. The van der Waals surface area contributed by atoms with E-state index in [1.54, 1.807) is 0 Å². The SMILES string of the molecule is NCCCCc1ccc2c(c1)SCC2. The van der Waals surface area contributed by atoms with Crippen LogP contribution in [0.2, 0.25) is 0 Å². The molecule has 0 saturated heterocycles. The average Bonchev–Trinajstić information content (AvgIpc) is 2.65. The van der Waals surface area contributed by atoms with E-state index in [4.69, 9.17) is 5.73 Å². The molecule has 76 valence electrons. The molecule has 1 aliphatic heterocycles. The van der Waals surface area contributed by atoms with Gasteiger partial charge in [-0.2, -0.15) is 0 Å². The van der Waals surface area contributed by atoms with Crippen molar-refractivity contribution in [1.29, 1.82) is 0 Å². The molecule has 0 unspecified atom stereocenters. The Hall–Kier alpha value is -0.470. The molecule has 0 amide bonds. The Kier molecular flexibility index (Phi) is 3.49. The molecule has 0 atom stereocenters. The van der Waals surface area contributed by atoms with Crippen LogP contribution in [0.3, 0.4) is 0 Å². The molecule has 0 saturated carbocycles. The van der Waals surface area contributed by atoms with Crippen LogP contribution in [-0.2, 0) is 12.8 Å². The fourth-order valence-corrected chi connectivity index (χ4v) is 2.97. The van der Waals surface area contributed by atoms with Crippen LogP contribution < -0.4 is 5.73 Å². The lowest BCUT2D eigenvalue weighted by Crippen LogP contribution is -1.99. The van der Waals surface area contributed by atoms with Gasteiger partial charge in [0.05, 0.1) is 0 Å². The zero-order valence-corrected chi connectivity index (χ0v) is 9.28. The summed E-state index contributed by atoms with van der Waals surface area (Å²) in [5, 5.41) is 0. The van der Waals surface area contributed by atoms with Crippen LogP contribution in [0.1, 0.15) is 24.0 Å². The van der Waals surface area contributed by atoms with Gasteiger partial charge in [-0.1, -0.05) is 12.1 Å². The van der Waals surface area contributed by atoms with Crippen molar-refractivity contribution in [3.63, 3.8) is 0 Å². The smallest absolute Gasteiger partial charge is 0.0107 e. The second-order valence-electron chi connectivity index (χ2n) is 3.79. The van der Waals surface area contributed by atoms with Gasteiger partial charge in [0.25, 0.3) is 0 Å². The van der Waals surface area contributed by atoms with Crippen LogP contribution in [0.25, 0.3) is 0 Å². The minimum atomic E-state index is 0.819. The van der Waals surface area contributed by atoms with Gasteiger partial charge in [0, 0.05) is 10.6 Å². The Morgan fingerprint density at radius 3 is 3.07 bits per heavy atom. The molecule has 1 aromatic carbocycles. The predicted molar refractivity (Wildman–Crippen MR) is 62.9 cm³/mol. The molecule has 0 aliphatic carbocycles. The lowest BCUT2D eigenvalue weighted by molar-refractivity contribution is 0.743. The maximum Gasteiger partial charge on any atom is 0.0107 e. The lowest BCUT2D eigenvalue weighted by Gasteiger charge is -2.03. The summed E-state index contributed by atoms with van der Waals surface area (Å²) in [5.74, 6) is 1.27. The number of aryl methyl sites for hydroxylation is 2. The second-order valence-corrected chi connectivity index (χ2v) is 4.92. The number of nitrogens with two attached hydrogens (primary N) is 1. The first-order chi connectivity index (χ1) is 6.90. The summed E-state index contributed by atoms with van der Waals surface area (Å²) < 4.78 is 0. The topological polar surface area (TPSA) is 26.0 Å². The maximum atomic E-state index is 5.48. The summed E-state index contributed by atoms with van der Waals surface area (Å²) in [6.07, 6.45) is 4.80. The molecule has 2 N–H and O–H groups in total. The fraction of sp³-hybridized carbons (Fsp3) is 0.500. The van der Waals surface area contributed by atoms with E-state index < -0.39 is 0 Å². The highest BCUT2D eigenvalue weighted by Gasteiger charge is 2.10. The van der Waals surface area contributed by atoms with Gasteiger partial charge in [0.2, 0.25) is 0 Å². The number of hydrogen-bond acceptors (Lipinski definition) is 2. The van der Waals surface area contributed by atoms with Gasteiger partial charge >= 0.3 is 0 Å². The van der Waals surface area contributed by atoms with E-state index in [0.29, 0.717) is 0 Å². The van der Waals surface area contributed by atoms with Gasteiger partial charge in [-0.25, -0.2) is 0 Å². The van der Waals surface area contributed by atoms with Crippen LogP contribution in [0, 0.1) is 0 Å². The van der Waals surface area contributed by atoms with Crippen molar-refractivity contribution in [1.82, 2.24) is 0 Å². The predicted octanol–water partition coefficient (Wildman–Crippen LogP) is 2.62. The minimum absolute atomic E-state index is 0.819. The van der Waals surface area contributed by atoms with E-state index in [9.17, 15) is 0 Å². The number of unbranched alkanes of at least 4 members (excludes halogenated alkanes) is 1. The van der Waals surface area contributed by atoms with Crippen LogP contribution >= 0.6 is 11.8 Å². The number of hydrogen-bond donors (Lipinski definition) is 1. The van der Waals surface area contributed by atoms with Gasteiger partial charge in [-0.05, 0) is 49.4 Å². The molecular formula is C12H17NS. The van der Waals surface area contributed by atoms with E-state index >= 15 is 0 Å². The molecule has 1 aromatic rings. The van der Waals surface area contributed by atoms with Gasteiger partial charge in [0.1, 0.15) is 0 Å². The van der Waals surface area contributed by atoms with E-state index in [1.165, 1.54) is 41.0 Å². The monoisotopic (exact) mass is 207 g/mol. The molecule has 2 heteroatoms. The van der Waals surface area contributed by atoms with Crippen molar-refractivity contribution in [3.8, 4) is 0 Å². The maximum absolute atomic E-state index is 5.48. The third-order valence-corrected chi connectivity index (χ3v) is 3.78. The third kappa shape index (κ3) is 2.31. The molecule has 1 aliphatic rings. The van der Waals surface area contributed by atoms with E-state index in [0.717, 1.165) is 13.0 Å². The highest BCUT2D eigenvalue weighted by molar-refractivity contribution is 7.99. The molecule has 14 heavy (non-hydrogen) atoms. The molecule has 0 spiro atoms. The van der Waals surface area contributed by atoms with Crippen molar-refractivity contribution in [2.24, 2.45) is 5.73 Å². The van der Waals surface area contributed by atoms with Crippen molar-refractivity contribution in [2.75, 3.05) is 12.3 Å². The largest absolute Gasteiger partial charge is 0.330 e. The summed E-state index contributed by atoms with van der Waals surface area (Å²) in [6, 6.07) is 6.94. The van der Waals surface area contributed by atoms with Crippen LogP contribution in [-0.4, -0.2) is 12.3 Å². The van der Waals surface area contributed by atoms with Crippen molar-refractivity contribution < 1.29 is 0 Å². The summed E-state index contributed by atoms with van der Waals surface area (Å²) in [5.41, 5.74) is 8.50. The van der Waals surface area contributed by atoms with Gasteiger partial charge < -0.3 is 5.73 Å². The summed E-state index contributed by atoms with van der Waals surface area (Å²) in [4.78, 5) is 1.51. The molecular weight excluding hydrogens is 190 g/mol. The van der Waals surface area contributed by atoms with Gasteiger partial charge in [-0.15, -0.1) is 11.8 Å². The van der Waals surface area contributed by atoms with Crippen LogP contribution in [0.4, 0.5) is 0 Å². The first-order valence-electron chi connectivity index (χ1n) is 5.35. The Labute approximate surface area is 90.1 Å². The van der Waals surface area contributed by atoms with E-state index in [2.05, 4.69) is 18.2 Å². The molecule has 2 rings (SSSR count). The van der Waals surface area contributed by atoms with Gasteiger partial charge in [-0.3, -0.25) is 0 Å².